The quantitative estimate of drug-likeness (QED) is 0.169. The average molecular weight is 740 g/mol. The van der Waals surface area contributed by atoms with E-state index in [1.54, 1.807) is 42.7 Å². The highest BCUT2D eigenvalue weighted by Crippen LogP contribution is 2.32. The first-order chi connectivity index (χ1) is 24.8. The number of hydrogen-bond acceptors (Lipinski definition) is 12. The first-order valence-corrected chi connectivity index (χ1v) is 18.9. The number of amides is 3. The molecule has 3 amide bonds. The zero-order chi connectivity index (χ0) is 37.9. The van der Waals surface area contributed by atoms with Gasteiger partial charge in [-0.1, -0.05) is 38.8 Å². The first-order valence-electron chi connectivity index (χ1n) is 18.0. The monoisotopic (exact) mass is 739 g/mol. The summed E-state index contributed by atoms with van der Waals surface area (Å²) >= 11 is 1.18. The van der Waals surface area contributed by atoms with Gasteiger partial charge < -0.3 is 25.0 Å². The number of aromatic nitrogens is 3. The number of piperidine rings is 1. The van der Waals surface area contributed by atoms with E-state index in [1.165, 1.54) is 25.4 Å². The summed E-state index contributed by atoms with van der Waals surface area (Å²) in [7, 11) is 4.98. The van der Waals surface area contributed by atoms with Crippen molar-refractivity contribution in [1.82, 2.24) is 35.4 Å². The number of methoxy groups -OCH3 is 1. The number of likely N-dealkylation sites (N-methyl/N-ethyl adjacent to an activating group) is 2. The van der Waals surface area contributed by atoms with Crippen LogP contribution in [-0.2, 0) is 35.1 Å². The third-order valence-electron chi connectivity index (χ3n) is 9.68. The zero-order valence-corrected chi connectivity index (χ0v) is 32.1. The fraction of sp³-hybridized carbons (Fsp3) is 0.622. The number of thiazole rings is 1. The molecule has 2 N–H and O–H groups in total. The van der Waals surface area contributed by atoms with E-state index in [2.05, 4.69) is 31.7 Å². The Labute approximate surface area is 310 Å². The summed E-state index contributed by atoms with van der Waals surface area (Å²) in [5, 5.41) is 8.03. The molecular formula is C37H53N7O7S. The minimum atomic E-state index is -0.838. The molecule has 0 saturated carbocycles. The Balaban J connectivity index is 1.50. The number of likely N-dealkylation sites (tertiary alicyclic amines) is 1. The number of hydrogen-bond donors (Lipinski definition) is 2. The predicted octanol–water partition coefficient (Wildman–Crippen LogP) is 3.64. The van der Waals surface area contributed by atoms with Gasteiger partial charge in [0, 0.05) is 56.7 Å². The normalized spacial score (nSPS) is 18.6. The fourth-order valence-corrected chi connectivity index (χ4v) is 7.49. The second-order valence-electron chi connectivity index (χ2n) is 14.2. The lowest BCUT2D eigenvalue weighted by Gasteiger charge is -2.36. The number of nitrogens with one attached hydrogen (secondary N) is 2. The largest absolute Gasteiger partial charge is 0.469 e. The molecule has 0 unspecified atom stereocenters. The van der Waals surface area contributed by atoms with Crippen LogP contribution in [0.4, 0.5) is 0 Å². The number of carbonyl (C=O) groups excluding carboxylic acids is 5. The second-order valence-corrected chi connectivity index (χ2v) is 15.1. The van der Waals surface area contributed by atoms with Gasteiger partial charge in [-0.05, 0) is 57.7 Å². The van der Waals surface area contributed by atoms with Gasteiger partial charge in [0.1, 0.15) is 22.6 Å². The van der Waals surface area contributed by atoms with Gasteiger partial charge in [-0.3, -0.25) is 28.9 Å². The highest BCUT2D eigenvalue weighted by atomic mass is 32.1. The standard InChI is InChI=1S/C37H53N7O7S/c1-22(2)30(44(6)36(48)27(18-25-12-13-25)41-34(47)29-11-8-9-16-43(29)5)20-31(51-24(4)45)35-42-28(21-52-35)33(46)40-26(17-23(3)37(49)50-7)19-32-38-14-10-15-39-32/h10,12,14-15,21-23,26-27,29-31H,8-9,11,13,16-20H2,1-7H3,(H,40,46)(H,41,47)/t23-,26+,27-,29+,30+,31+/m0/s1. The lowest BCUT2D eigenvalue weighted by atomic mass is 9.95. The van der Waals surface area contributed by atoms with E-state index in [9.17, 15) is 24.0 Å². The van der Waals surface area contributed by atoms with Crippen molar-refractivity contribution in [3.8, 4) is 0 Å². The SMILES string of the molecule is COC(=O)[C@@H](C)C[C@H](Cc1ncccn1)NC(=O)c1csc([C@@H](C[C@H](C(C)C)N(C)C(=O)[C@H](CC2=CC2)NC(=O)[C@H]2CCCCN2C)OC(C)=O)n1. The molecular weight excluding hydrogens is 687 g/mol. The molecule has 1 saturated heterocycles. The van der Waals surface area contributed by atoms with E-state index in [4.69, 9.17) is 9.47 Å². The summed E-state index contributed by atoms with van der Waals surface area (Å²) in [5.41, 5.74) is 1.26. The first kappa shape index (κ1) is 40.5. The molecule has 1 aliphatic heterocycles. The van der Waals surface area contributed by atoms with E-state index in [1.807, 2.05) is 25.8 Å². The van der Waals surface area contributed by atoms with Crippen LogP contribution in [0.2, 0.25) is 0 Å². The topological polar surface area (TPSA) is 173 Å². The molecule has 3 heterocycles. The Kier molecular flexibility index (Phi) is 14.8. The molecule has 14 nitrogen and oxygen atoms in total. The number of nitrogens with zero attached hydrogens (tertiary/aromatic N) is 5. The molecule has 15 heteroatoms. The molecule has 2 aromatic rings. The predicted molar refractivity (Wildman–Crippen MR) is 195 cm³/mol. The number of rotatable bonds is 18. The van der Waals surface area contributed by atoms with Crippen molar-refractivity contribution in [3.63, 3.8) is 0 Å². The molecule has 0 radical (unpaired) electrons. The van der Waals surface area contributed by atoms with Gasteiger partial charge in [0.05, 0.1) is 19.1 Å². The van der Waals surface area contributed by atoms with Crippen LogP contribution >= 0.6 is 11.3 Å². The van der Waals surface area contributed by atoms with Gasteiger partial charge in [-0.2, -0.15) is 0 Å². The molecule has 284 valence electrons. The van der Waals surface area contributed by atoms with Crippen molar-refractivity contribution in [2.24, 2.45) is 11.8 Å². The molecule has 0 aromatic carbocycles. The highest BCUT2D eigenvalue weighted by molar-refractivity contribution is 7.09. The summed E-state index contributed by atoms with van der Waals surface area (Å²) in [6.45, 7) is 7.85. The molecule has 6 atom stereocenters. The van der Waals surface area contributed by atoms with Gasteiger partial charge in [0.2, 0.25) is 11.8 Å². The van der Waals surface area contributed by atoms with Crippen LogP contribution < -0.4 is 10.6 Å². The van der Waals surface area contributed by atoms with Gasteiger partial charge in [0.15, 0.2) is 6.10 Å². The summed E-state index contributed by atoms with van der Waals surface area (Å²) in [5.74, 6) is -1.77. The number of carbonyl (C=O) groups is 5. The summed E-state index contributed by atoms with van der Waals surface area (Å²) in [6.07, 6.45) is 9.29. The van der Waals surface area contributed by atoms with E-state index in [-0.39, 0.29) is 48.7 Å². The fourth-order valence-electron chi connectivity index (χ4n) is 6.65. The van der Waals surface area contributed by atoms with Crippen LogP contribution in [0.15, 0.2) is 35.5 Å². The van der Waals surface area contributed by atoms with Crippen LogP contribution in [0.25, 0.3) is 0 Å². The van der Waals surface area contributed by atoms with E-state index >= 15 is 0 Å². The Morgan fingerprint density at radius 2 is 1.77 bits per heavy atom. The lowest BCUT2D eigenvalue weighted by molar-refractivity contribution is -0.149. The lowest BCUT2D eigenvalue weighted by Crippen LogP contribution is -2.56. The molecule has 1 aliphatic carbocycles. The molecule has 1 fully saturated rings. The van der Waals surface area contributed by atoms with Crippen LogP contribution in [0.1, 0.15) is 100 Å². The van der Waals surface area contributed by atoms with Crippen LogP contribution in [0.5, 0.6) is 0 Å². The van der Waals surface area contributed by atoms with Gasteiger partial charge >= 0.3 is 11.9 Å². The van der Waals surface area contributed by atoms with Crippen molar-refractivity contribution in [2.45, 2.75) is 109 Å². The van der Waals surface area contributed by atoms with Crippen LogP contribution in [0, 0.1) is 11.8 Å². The van der Waals surface area contributed by atoms with Crippen molar-refractivity contribution in [3.05, 3.63) is 52.0 Å². The third kappa shape index (κ3) is 11.6. The molecule has 2 aromatic heterocycles. The van der Waals surface area contributed by atoms with E-state index in [0.717, 1.165) is 37.8 Å². The van der Waals surface area contributed by atoms with Gasteiger partial charge in [0.25, 0.3) is 5.91 Å². The zero-order valence-electron chi connectivity index (χ0n) is 31.3. The van der Waals surface area contributed by atoms with E-state index < -0.39 is 48.0 Å². The number of allylic oxidation sites excluding steroid dienone is 1. The maximum atomic E-state index is 14.1. The molecule has 52 heavy (non-hydrogen) atoms. The second kappa shape index (κ2) is 19.0. The Morgan fingerprint density at radius 3 is 2.38 bits per heavy atom. The summed E-state index contributed by atoms with van der Waals surface area (Å²) in [6, 6.07) is -0.186. The average Bonchev–Trinajstić information content (AvgIpc) is 3.79. The molecule has 4 rings (SSSR count). The number of esters is 2. The molecule has 0 bridgehead atoms. The Morgan fingerprint density at radius 1 is 1.06 bits per heavy atom. The number of ether oxygens (including phenoxy) is 2. The molecule has 2 aliphatic rings. The maximum absolute atomic E-state index is 14.1. The van der Waals surface area contributed by atoms with Crippen LogP contribution in [0.3, 0.4) is 0 Å². The van der Waals surface area contributed by atoms with Crippen molar-refractivity contribution in [1.29, 1.82) is 0 Å². The Hall–Kier alpha value is -4.24. The van der Waals surface area contributed by atoms with Crippen LogP contribution in [-0.4, -0.2) is 106 Å². The highest BCUT2D eigenvalue weighted by Gasteiger charge is 2.36. The van der Waals surface area contributed by atoms with Crippen molar-refractivity contribution in [2.75, 3.05) is 27.7 Å². The summed E-state index contributed by atoms with van der Waals surface area (Å²) in [4.78, 5) is 82.4. The van der Waals surface area contributed by atoms with Crippen molar-refractivity contribution < 1.29 is 33.4 Å². The van der Waals surface area contributed by atoms with Gasteiger partial charge in [-0.25, -0.2) is 15.0 Å². The van der Waals surface area contributed by atoms with Gasteiger partial charge in [-0.15, -0.1) is 11.3 Å². The van der Waals surface area contributed by atoms with Crippen molar-refractivity contribution >= 4 is 41.0 Å². The minimum Gasteiger partial charge on any atom is -0.469 e. The summed E-state index contributed by atoms with van der Waals surface area (Å²) < 4.78 is 10.7. The maximum Gasteiger partial charge on any atom is 0.308 e. The Bertz CT molecular complexity index is 1580. The van der Waals surface area contributed by atoms with E-state index in [0.29, 0.717) is 17.3 Å². The minimum absolute atomic E-state index is 0.0477. The molecule has 0 spiro atoms. The smallest absolute Gasteiger partial charge is 0.308 e. The third-order valence-corrected chi connectivity index (χ3v) is 10.6.